The van der Waals surface area contributed by atoms with E-state index in [9.17, 15) is 14.8 Å². The predicted octanol–water partition coefficient (Wildman–Crippen LogP) is 2.71. The lowest BCUT2D eigenvalue weighted by Gasteiger charge is -2.15. The van der Waals surface area contributed by atoms with Gasteiger partial charge in [-0.3, -0.25) is 5.21 Å². The van der Waals surface area contributed by atoms with E-state index in [4.69, 9.17) is 9.47 Å². The Morgan fingerprint density at radius 1 is 1.32 bits per heavy atom. The summed E-state index contributed by atoms with van der Waals surface area (Å²) in [6.45, 7) is 6.05. The summed E-state index contributed by atoms with van der Waals surface area (Å²) in [4.78, 5) is 22.9. The van der Waals surface area contributed by atoms with Crippen LogP contribution in [0.3, 0.4) is 0 Å². The van der Waals surface area contributed by atoms with Gasteiger partial charge >= 0.3 is 12.2 Å². The molecule has 0 aliphatic heterocycles. The lowest BCUT2D eigenvalue weighted by atomic mass is 10.2. The minimum absolute atomic E-state index is 0.0709. The van der Waals surface area contributed by atoms with Crippen LogP contribution in [0.15, 0.2) is 24.3 Å². The molecule has 22 heavy (non-hydrogen) atoms. The number of hydrogen-bond donors (Lipinski definition) is 2. The molecule has 0 aromatic heterocycles. The second kappa shape index (κ2) is 8.89. The number of rotatable bonds is 6. The summed E-state index contributed by atoms with van der Waals surface area (Å²) in [5.41, 5.74) is 1.22. The topological polar surface area (TPSA) is 88.1 Å². The number of benzene rings is 1. The first-order valence-electron chi connectivity index (χ1n) is 7.03. The first kappa shape index (κ1) is 17.8. The number of nitrogens with zero attached hydrogens (tertiary/aromatic N) is 1. The molecule has 2 N–H and O–H groups in total. The normalized spacial score (nSPS) is 10.2. The lowest BCUT2D eigenvalue weighted by molar-refractivity contribution is 0.113. The molecule has 1 aromatic carbocycles. The molecule has 0 fully saturated rings. The van der Waals surface area contributed by atoms with E-state index >= 15 is 0 Å². The molecule has 2 amide bonds. The molecule has 1 rings (SSSR count). The van der Waals surface area contributed by atoms with E-state index in [2.05, 4.69) is 5.32 Å². The smallest absolute Gasteiger partial charge is 0.438 e. The quantitative estimate of drug-likeness (QED) is 0.479. The Morgan fingerprint density at radius 3 is 2.68 bits per heavy atom. The molecule has 0 aliphatic carbocycles. The van der Waals surface area contributed by atoms with E-state index in [-0.39, 0.29) is 19.1 Å². The molecule has 7 heteroatoms. The van der Waals surface area contributed by atoms with Crippen molar-refractivity contribution in [1.82, 2.24) is 5.32 Å². The molecule has 0 atom stereocenters. The SMILES string of the molecule is Cc1cccc(N(O)C(=O)OCCNC(=O)OCC(C)C)c1. The van der Waals surface area contributed by atoms with E-state index < -0.39 is 12.2 Å². The first-order valence-corrected chi connectivity index (χ1v) is 7.03. The summed E-state index contributed by atoms with van der Waals surface area (Å²) in [5.74, 6) is 0.251. The number of hydroxylamine groups is 1. The van der Waals surface area contributed by atoms with Gasteiger partial charge in [0.2, 0.25) is 0 Å². The van der Waals surface area contributed by atoms with Gasteiger partial charge < -0.3 is 14.8 Å². The molecule has 0 saturated heterocycles. The number of carbonyl (C=O) groups is 2. The highest BCUT2D eigenvalue weighted by Crippen LogP contribution is 2.14. The van der Waals surface area contributed by atoms with Gasteiger partial charge in [-0.15, -0.1) is 0 Å². The van der Waals surface area contributed by atoms with Gasteiger partial charge in [0.1, 0.15) is 6.61 Å². The van der Waals surface area contributed by atoms with Crippen molar-refractivity contribution in [2.45, 2.75) is 20.8 Å². The highest BCUT2D eigenvalue weighted by Gasteiger charge is 2.14. The fraction of sp³-hybridized carbons (Fsp3) is 0.467. The molecule has 0 radical (unpaired) electrons. The largest absolute Gasteiger partial charge is 0.449 e. The van der Waals surface area contributed by atoms with Crippen molar-refractivity contribution in [3.63, 3.8) is 0 Å². The fourth-order valence-corrected chi connectivity index (χ4v) is 1.51. The van der Waals surface area contributed by atoms with Crippen LogP contribution >= 0.6 is 0 Å². The van der Waals surface area contributed by atoms with E-state index in [0.29, 0.717) is 17.4 Å². The van der Waals surface area contributed by atoms with Gasteiger partial charge in [0, 0.05) is 0 Å². The van der Waals surface area contributed by atoms with Gasteiger partial charge in [0.25, 0.3) is 0 Å². The third-order valence-electron chi connectivity index (χ3n) is 2.56. The van der Waals surface area contributed by atoms with Gasteiger partial charge in [0.15, 0.2) is 0 Å². The molecular weight excluding hydrogens is 288 g/mol. The standard InChI is InChI=1S/C15H22N2O5/c1-11(2)10-22-14(18)16-7-8-21-15(19)17(20)13-6-4-5-12(3)9-13/h4-6,9,11,20H,7-8,10H2,1-3H3,(H,16,18). The van der Waals surface area contributed by atoms with Crippen molar-refractivity contribution >= 4 is 17.9 Å². The van der Waals surface area contributed by atoms with Crippen LogP contribution in [0.5, 0.6) is 0 Å². The van der Waals surface area contributed by atoms with Crippen LogP contribution in [0.2, 0.25) is 0 Å². The zero-order valence-corrected chi connectivity index (χ0v) is 13.0. The van der Waals surface area contributed by atoms with Crippen molar-refractivity contribution in [1.29, 1.82) is 0 Å². The Hall–Kier alpha value is -2.28. The summed E-state index contributed by atoms with van der Waals surface area (Å²) in [5, 5.41) is 12.6. The molecule has 0 spiro atoms. The van der Waals surface area contributed by atoms with E-state index in [1.54, 1.807) is 18.2 Å². The Morgan fingerprint density at radius 2 is 2.05 bits per heavy atom. The monoisotopic (exact) mass is 310 g/mol. The van der Waals surface area contributed by atoms with Crippen molar-refractivity contribution < 1.29 is 24.3 Å². The molecule has 7 nitrogen and oxygen atoms in total. The first-order chi connectivity index (χ1) is 10.4. The van der Waals surface area contributed by atoms with Crippen LogP contribution in [-0.4, -0.2) is 37.2 Å². The summed E-state index contributed by atoms with van der Waals surface area (Å²) in [6.07, 6.45) is -1.48. The van der Waals surface area contributed by atoms with E-state index in [1.165, 1.54) is 0 Å². The second-order valence-corrected chi connectivity index (χ2v) is 5.18. The minimum Gasteiger partial charge on any atom is -0.449 e. The summed E-state index contributed by atoms with van der Waals surface area (Å²) < 4.78 is 9.73. The van der Waals surface area contributed by atoms with Gasteiger partial charge in [-0.05, 0) is 30.5 Å². The molecule has 0 unspecified atom stereocenters. The van der Waals surface area contributed by atoms with Gasteiger partial charge in [0.05, 0.1) is 18.8 Å². The van der Waals surface area contributed by atoms with Crippen LogP contribution in [0, 0.1) is 12.8 Å². The van der Waals surface area contributed by atoms with Crippen LogP contribution in [-0.2, 0) is 9.47 Å². The Bertz CT molecular complexity index is 504. The third kappa shape index (κ3) is 6.45. The Kier molecular flexibility index (Phi) is 7.18. The number of ether oxygens (including phenoxy) is 2. The van der Waals surface area contributed by atoms with Crippen LogP contribution < -0.4 is 10.4 Å². The highest BCUT2D eigenvalue weighted by atomic mass is 16.6. The number of hydrogen-bond acceptors (Lipinski definition) is 5. The summed E-state index contributed by atoms with van der Waals surface area (Å²) in [6, 6.07) is 6.78. The van der Waals surface area contributed by atoms with E-state index in [0.717, 1.165) is 5.56 Å². The minimum atomic E-state index is -0.914. The predicted molar refractivity (Wildman–Crippen MR) is 81.0 cm³/mol. The molecule has 0 aliphatic rings. The van der Waals surface area contributed by atoms with Crippen molar-refractivity contribution in [2.75, 3.05) is 24.8 Å². The molecule has 0 heterocycles. The summed E-state index contributed by atoms with van der Waals surface area (Å²) >= 11 is 0. The average Bonchev–Trinajstić information content (AvgIpc) is 2.48. The second-order valence-electron chi connectivity index (χ2n) is 5.18. The van der Waals surface area contributed by atoms with Crippen LogP contribution in [0.4, 0.5) is 15.3 Å². The highest BCUT2D eigenvalue weighted by molar-refractivity contribution is 5.84. The average molecular weight is 310 g/mol. The number of carbonyl (C=O) groups excluding carboxylic acids is 2. The van der Waals surface area contributed by atoms with Crippen LogP contribution in [0.1, 0.15) is 19.4 Å². The number of anilines is 1. The van der Waals surface area contributed by atoms with Crippen molar-refractivity contribution in [3.8, 4) is 0 Å². The number of amides is 2. The number of aryl methyl sites for hydroxylation is 1. The van der Waals surface area contributed by atoms with Gasteiger partial charge in [-0.25, -0.2) is 9.59 Å². The zero-order valence-electron chi connectivity index (χ0n) is 13.0. The molecule has 122 valence electrons. The Balaban J connectivity index is 2.27. The van der Waals surface area contributed by atoms with Gasteiger partial charge in [-0.2, -0.15) is 5.06 Å². The maximum Gasteiger partial charge on any atom is 0.438 e. The maximum atomic E-state index is 11.6. The van der Waals surface area contributed by atoms with Crippen molar-refractivity contribution in [2.24, 2.45) is 5.92 Å². The molecule has 0 bridgehead atoms. The maximum absolute atomic E-state index is 11.6. The van der Waals surface area contributed by atoms with Crippen molar-refractivity contribution in [3.05, 3.63) is 29.8 Å². The van der Waals surface area contributed by atoms with Crippen LogP contribution in [0.25, 0.3) is 0 Å². The molecule has 1 aromatic rings. The Labute approximate surface area is 129 Å². The third-order valence-corrected chi connectivity index (χ3v) is 2.56. The summed E-state index contributed by atoms with van der Waals surface area (Å²) in [7, 11) is 0. The van der Waals surface area contributed by atoms with Gasteiger partial charge in [-0.1, -0.05) is 26.0 Å². The zero-order chi connectivity index (χ0) is 16.5. The fourth-order valence-electron chi connectivity index (χ4n) is 1.51. The van der Waals surface area contributed by atoms with E-state index in [1.807, 2.05) is 26.8 Å². The molecular formula is C15H22N2O5. The lowest BCUT2D eigenvalue weighted by Crippen LogP contribution is -2.33. The number of nitrogens with one attached hydrogen (secondary N) is 1. The number of alkyl carbamates (subject to hydrolysis) is 1. The molecule has 0 saturated carbocycles.